The van der Waals surface area contributed by atoms with Crippen LogP contribution in [0, 0.1) is 0 Å². The standard InChI is InChI=1S/C17H14Br2N2O4S/c1-23-15-11(6-9(18)7-12(15)19)16(22)21-17(26)20-10-2-3-13-14(8-10)25-5-4-24-13/h2-3,6-8H,4-5H2,1H3,(H2,20,21,22,26). The van der Waals surface area contributed by atoms with E-state index in [9.17, 15) is 4.79 Å². The van der Waals surface area contributed by atoms with Gasteiger partial charge in [0.2, 0.25) is 0 Å². The predicted molar refractivity (Wildman–Crippen MR) is 110 cm³/mol. The Labute approximate surface area is 172 Å². The first kappa shape index (κ1) is 18.9. The van der Waals surface area contributed by atoms with Crippen molar-refractivity contribution in [2.75, 3.05) is 25.6 Å². The van der Waals surface area contributed by atoms with Crippen LogP contribution in [0.2, 0.25) is 0 Å². The number of benzene rings is 2. The Morgan fingerprint density at radius 1 is 1.15 bits per heavy atom. The fraction of sp³-hybridized carbons (Fsp3) is 0.176. The highest BCUT2D eigenvalue weighted by Crippen LogP contribution is 2.33. The Hall–Kier alpha value is -1.84. The van der Waals surface area contributed by atoms with Gasteiger partial charge < -0.3 is 19.5 Å². The topological polar surface area (TPSA) is 68.8 Å². The third kappa shape index (κ3) is 4.28. The van der Waals surface area contributed by atoms with Gasteiger partial charge in [0.25, 0.3) is 5.91 Å². The van der Waals surface area contributed by atoms with Gasteiger partial charge in [-0.25, -0.2) is 0 Å². The molecule has 1 aliphatic rings. The Kier molecular flexibility index (Phi) is 6.00. The highest BCUT2D eigenvalue weighted by Gasteiger charge is 2.18. The van der Waals surface area contributed by atoms with Crippen LogP contribution in [0.5, 0.6) is 17.2 Å². The Morgan fingerprint density at radius 3 is 2.62 bits per heavy atom. The number of ether oxygens (including phenoxy) is 3. The molecule has 0 aromatic heterocycles. The molecular weight excluding hydrogens is 488 g/mol. The van der Waals surface area contributed by atoms with Crippen LogP contribution in [0.1, 0.15) is 10.4 Å². The van der Waals surface area contributed by atoms with Crippen LogP contribution in [0.25, 0.3) is 0 Å². The fourth-order valence-corrected chi connectivity index (χ4v) is 3.99. The lowest BCUT2D eigenvalue weighted by atomic mass is 10.2. The highest BCUT2D eigenvalue weighted by molar-refractivity contribution is 9.11. The quantitative estimate of drug-likeness (QED) is 0.616. The van der Waals surface area contributed by atoms with Gasteiger partial charge in [-0.1, -0.05) is 15.9 Å². The average molecular weight is 502 g/mol. The van der Waals surface area contributed by atoms with Gasteiger partial charge in [0, 0.05) is 16.2 Å². The summed E-state index contributed by atoms with van der Waals surface area (Å²) >= 11 is 12.0. The molecule has 0 unspecified atom stereocenters. The van der Waals surface area contributed by atoms with Crippen LogP contribution in [0.15, 0.2) is 39.3 Å². The van der Waals surface area contributed by atoms with Gasteiger partial charge in [0.15, 0.2) is 16.6 Å². The number of carbonyl (C=O) groups excluding carboxylic acids is 1. The molecule has 6 nitrogen and oxygen atoms in total. The molecule has 2 aromatic rings. The molecule has 3 rings (SSSR count). The summed E-state index contributed by atoms with van der Waals surface area (Å²) in [6, 6.07) is 8.80. The van der Waals surface area contributed by atoms with Crippen molar-refractivity contribution >= 4 is 60.8 Å². The number of nitrogens with one attached hydrogen (secondary N) is 2. The van der Waals surface area contributed by atoms with Crippen LogP contribution in [0.3, 0.4) is 0 Å². The number of halogens is 2. The molecule has 0 bridgehead atoms. The number of amides is 1. The summed E-state index contributed by atoms with van der Waals surface area (Å²) in [5.41, 5.74) is 1.03. The van der Waals surface area contributed by atoms with E-state index in [0.717, 1.165) is 4.47 Å². The molecule has 0 saturated heterocycles. The molecule has 0 saturated carbocycles. The largest absolute Gasteiger partial charge is 0.495 e. The molecular formula is C17H14Br2N2O4S. The Bertz CT molecular complexity index is 876. The summed E-state index contributed by atoms with van der Waals surface area (Å²) in [5.74, 6) is 1.35. The van der Waals surface area contributed by atoms with Crippen molar-refractivity contribution in [3.05, 3.63) is 44.8 Å². The fourth-order valence-electron chi connectivity index (χ4n) is 2.39. The van der Waals surface area contributed by atoms with Crippen molar-refractivity contribution < 1.29 is 19.0 Å². The van der Waals surface area contributed by atoms with E-state index >= 15 is 0 Å². The van der Waals surface area contributed by atoms with Gasteiger partial charge >= 0.3 is 0 Å². The first-order valence-electron chi connectivity index (χ1n) is 7.53. The predicted octanol–water partition coefficient (Wildman–Crippen LogP) is 4.12. The number of hydrogen-bond acceptors (Lipinski definition) is 5. The van der Waals surface area contributed by atoms with Crippen molar-refractivity contribution in [3.63, 3.8) is 0 Å². The minimum Gasteiger partial charge on any atom is -0.495 e. The molecule has 9 heteroatoms. The van der Waals surface area contributed by atoms with Crippen molar-refractivity contribution in [2.45, 2.75) is 0 Å². The minimum atomic E-state index is -0.390. The molecule has 26 heavy (non-hydrogen) atoms. The minimum absolute atomic E-state index is 0.157. The summed E-state index contributed by atoms with van der Waals surface area (Å²) in [6.45, 7) is 1.02. The molecule has 1 amide bonds. The molecule has 1 aliphatic heterocycles. The van der Waals surface area contributed by atoms with E-state index in [1.807, 2.05) is 0 Å². The number of carbonyl (C=O) groups is 1. The molecule has 0 radical (unpaired) electrons. The van der Waals surface area contributed by atoms with Gasteiger partial charge in [0.05, 0.1) is 17.1 Å². The number of rotatable bonds is 3. The molecule has 0 atom stereocenters. The van der Waals surface area contributed by atoms with Crippen LogP contribution in [-0.4, -0.2) is 31.3 Å². The second-order valence-corrected chi connectivity index (χ2v) is 7.41. The van der Waals surface area contributed by atoms with E-state index in [-0.39, 0.29) is 11.0 Å². The third-order valence-electron chi connectivity index (χ3n) is 3.48. The molecule has 2 N–H and O–H groups in total. The zero-order valence-corrected chi connectivity index (χ0v) is 17.6. The molecule has 0 aliphatic carbocycles. The van der Waals surface area contributed by atoms with Gasteiger partial charge in [-0.05, 0) is 52.4 Å². The van der Waals surface area contributed by atoms with Crippen LogP contribution in [-0.2, 0) is 0 Å². The summed E-state index contributed by atoms with van der Waals surface area (Å²) in [7, 11) is 1.50. The molecule has 0 spiro atoms. The monoisotopic (exact) mass is 500 g/mol. The van der Waals surface area contributed by atoms with Crippen LogP contribution < -0.4 is 24.8 Å². The normalized spacial score (nSPS) is 12.3. The van der Waals surface area contributed by atoms with E-state index in [1.54, 1.807) is 30.3 Å². The van der Waals surface area contributed by atoms with Crippen molar-refractivity contribution in [1.29, 1.82) is 0 Å². The van der Waals surface area contributed by atoms with Crippen LogP contribution >= 0.6 is 44.1 Å². The van der Waals surface area contributed by atoms with E-state index in [0.29, 0.717) is 46.2 Å². The summed E-state index contributed by atoms with van der Waals surface area (Å²) < 4.78 is 17.7. The second-order valence-electron chi connectivity index (χ2n) is 5.24. The number of anilines is 1. The van der Waals surface area contributed by atoms with E-state index in [2.05, 4.69) is 42.5 Å². The first-order valence-corrected chi connectivity index (χ1v) is 9.52. The number of methoxy groups -OCH3 is 1. The number of fused-ring (bicyclic) bond motifs is 1. The average Bonchev–Trinajstić information content (AvgIpc) is 2.60. The number of hydrogen-bond donors (Lipinski definition) is 2. The maximum atomic E-state index is 12.6. The van der Waals surface area contributed by atoms with Crippen molar-refractivity contribution in [3.8, 4) is 17.2 Å². The maximum Gasteiger partial charge on any atom is 0.261 e. The molecule has 2 aromatic carbocycles. The highest BCUT2D eigenvalue weighted by atomic mass is 79.9. The summed E-state index contributed by atoms with van der Waals surface area (Å²) in [6.07, 6.45) is 0. The maximum absolute atomic E-state index is 12.6. The van der Waals surface area contributed by atoms with Crippen molar-refractivity contribution in [2.24, 2.45) is 0 Å². The van der Waals surface area contributed by atoms with E-state index in [4.69, 9.17) is 26.4 Å². The zero-order valence-electron chi connectivity index (χ0n) is 13.6. The third-order valence-corrected chi connectivity index (χ3v) is 4.74. The van der Waals surface area contributed by atoms with E-state index in [1.165, 1.54) is 7.11 Å². The molecule has 136 valence electrons. The van der Waals surface area contributed by atoms with Gasteiger partial charge in [0.1, 0.15) is 19.0 Å². The SMILES string of the molecule is COc1c(Br)cc(Br)cc1C(=O)NC(=S)Nc1ccc2c(c1)OCCO2. The van der Waals surface area contributed by atoms with Gasteiger partial charge in [-0.2, -0.15) is 0 Å². The lowest BCUT2D eigenvalue weighted by molar-refractivity contribution is 0.0974. The molecule has 0 fully saturated rings. The Balaban J connectivity index is 1.71. The first-order chi connectivity index (χ1) is 12.5. The molecule has 1 heterocycles. The summed E-state index contributed by atoms with van der Waals surface area (Å²) in [5, 5.41) is 5.76. The van der Waals surface area contributed by atoms with Crippen molar-refractivity contribution in [1.82, 2.24) is 5.32 Å². The Morgan fingerprint density at radius 2 is 1.88 bits per heavy atom. The lowest BCUT2D eigenvalue weighted by Crippen LogP contribution is -2.34. The van der Waals surface area contributed by atoms with Gasteiger partial charge in [-0.3, -0.25) is 10.1 Å². The van der Waals surface area contributed by atoms with Crippen LogP contribution in [0.4, 0.5) is 5.69 Å². The second kappa shape index (κ2) is 8.24. The smallest absolute Gasteiger partial charge is 0.261 e. The zero-order chi connectivity index (χ0) is 18.7. The number of thiocarbonyl (C=S) groups is 1. The lowest BCUT2D eigenvalue weighted by Gasteiger charge is -2.19. The summed E-state index contributed by atoms with van der Waals surface area (Å²) in [4.78, 5) is 12.6. The van der Waals surface area contributed by atoms with E-state index < -0.39 is 0 Å². The van der Waals surface area contributed by atoms with Gasteiger partial charge in [-0.15, -0.1) is 0 Å².